The molecule has 0 aliphatic carbocycles. The molecule has 1 aromatic rings. The zero-order valence-electron chi connectivity index (χ0n) is 11.8. The molecule has 0 saturated heterocycles. The van der Waals surface area contributed by atoms with Gasteiger partial charge in [0.25, 0.3) is 11.6 Å². The van der Waals surface area contributed by atoms with Crippen LogP contribution in [-0.4, -0.2) is 44.8 Å². The van der Waals surface area contributed by atoms with Crippen LogP contribution in [0, 0.1) is 10.1 Å². The Hall–Kier alpha value is -2.16. The van der Waals surface area contributed by atoms with Gasteiger partial charge in [0.15, 0.2) is 0 Å². The fourth-order valence-electron chi connectivity index (χ4n) is 1.66. The monoisotopic (exact) mass is 315 g/mol. The number of amides is 1. The highest BCUT2D eigenvalue weighted by Gasteiger charge is 2.20. The molecule has 0 radical (unpaired) electrons. The van der Waals surface area contributed by atoms with E-state index in [-0.39, 0.29) is 30.0 Å². The Morgan fingerprint density at radius 2 is 2.05 bits per heavy atom. The smallest absolute Gasteiger partial charge is 0.282 e. The number of nitrogens with one attached hydrogen (secondary N) is 2. The fraction of sp³-hybridized carbons (Fsp3) is 0.417. The molecule has 0 fully saturated rings. The van der Waals surface area contributed by atoms with Crippen molar-refractivity contribution in [3.05, 3.63) is 33.9 Å². The molecular formula is C12H17N3O5S. The lowest BCUT2D eigenvalue weighted by Gasteiger charge is -2.07. The molecule has 2 N–H and O–H groups in total. The molecule has 0 aromatic heterocycles. The molecule has 0 heterocycles. The molecule has 0 saturated carbocycles. The lowest BCUT2D eigenvalue weighted by Crippen LogP contribution is -2.26. The quantitative estimate of drug-likeness (QED) is 0.436. The first-order chi connectivity index (χ1) is 9.74. The van der Waals surface area contributed by atoms with Crippen molar-refractivity contribution in [2.24, 2.45) is 0 Å². The molecule has 0 unspecified atom stereocenters. The van der Waals surface area contributed by atoms with Crippen LogP contribution in [0.4, 0.5) is 11.4 Å². The zero-order valence-corrected chi connectivity index (χ0v) is 12.6. The molecule has 0 aliphatic heterocycles. The van der Waals surface area contributed by atoms with Gasteiger partial charge < -0.3 is 10.6 Å². The van der Waals surface area contributed by atoms with Crippen molar-refractivity contribution in [1.29, 1.82) is 0 Å². The maximum atomic E-state index is 12.0. The second-order valence-corrected chi connectivity index (χ2v) is 6.74. The van der Waals surface area contributed by atoms with Crippen LogP contribution in [0.1, 0.15) is 16.8 Å². The second-order valence-electron chi connectivity index (χ2n) is 4.48. The number of hydrogen-bond acceptors (Lipinski definition) is 6. The fourth-order valence-corrected chi connectivity index (χ4v) is 2.33. The van der Waals surface area contributed by atoms with Gasteiger partial charge in [-0.05, 0) is 18.6 Å². The van der Waals surface area contributed by atoms with Gasteiger partial charge in [-0.3, -0.25) is 14.9 Å². The van der Waals surface area contributed by atoms with Gasteiger partial charge in [-0.25, -0.2) is 8.42 Å². The van der Waals surface area contributed by atoms with Gasteiger partial charge in [-0.1, -0.05) is 0 Å². The lowest BCUT2D eigenvalue weighted by atomic mass is 10.1. The van der Waals surface area contributed by atoms with Crippen molar-refractivity contribution in [2.75, 3.05) is 30.9 Å². The average Bonchev–Trinajstić information content (AvgIpc) is 2.41. The molecule has 0 spiro atoms. The van der Waals surface area contributed by atoms with Crippen LogP contribution in [0.25, 0.3) is 0 Å². The highest BCUT2D eigenvalue weighted by Crippen LogP contribution is 2.22. The molecule has 1 aromatic carbocycles. The summed E-state index contributed by atoms with van der Waals surface area (Å²) in [4.78, 5) is 22.2. The van der Waals surface area contributed by atoms with Crippen molar-refractivity contribution >= 4 is 27.1 Å². The predicted molar refractivity (Wildman–Crippen MR) is 79.3 cm³/mol. The van der Waals surface area contributed by atoms with E-state index in [1.165, 1.54) is 18.2 Å². The van der Waals surface area contributed by atoms with Crippen LogP contribution in [0.2, 0.25) is 0 Å². The van der Waals surface area contributed by atoms with Crippen LogP contribution >= 0.6 is 0 Å². The summed E-state index contributed by atoms with van der Waals surface area (Å²) in [6.07, 6.45) is 1.36. The number of carbonyl (C=O) groups excluding carboxylic acids is 1. The van der Waals surface area contributed by atoms with E-state index in [1.807, 2.05) is 0 Å². The first kappa shape index (κ1) is 16.9. The molecule has 116 valence electrons. The van der Waals surface area contributed by atoms with Crippen LogP contribution < -0.4 is 10.6 Å². The van der Waals surface area contributed by atoms with E-state index in [1.54, 1.807) is 7.05 Å². The van der Waals surface area contributed by atoms with Crippen molar-refractivity contribution < 1.29 is 18.1 Å². The van der Waals surface area contributed by atoms with Crippen molar-refractivity contribution in [3.8, 4) is 0 Å². The van der Waals surface area contributed by atoms with Crippen molar-refractivity contribution in [1.82, 2.24) is 5.32 Å². The number of benzene rings is 1. The average molecular weight is 315 g/mol. The molecule has 0 atom stereocenters. The first-order valence-electron chi connectivity index (χ1n) is 6.16. The minimum atomic E-state index is -3.09. The van der Waals surface area contributed by atoms with Crippen LogP contribution in [0.3, 0.4) is 0 Å². The van der Waals surface area contributed by atoms with E-state index in [0.717, 1.165) is 6.26 Å². The molecule has 0 aliphatic rings. The molecule has 0 bridgehead atoms. The van der Waals surface area contributed by atoms with E-state index >= 15 is 0 Å². The number of nitrogens with zero attached hydrogens (tertiary/aromatic N) is 1. The number of anilines is 1. The van der Waals surface area contributed by atoms with Crippen molar-refractivity contribution in [2.45, 2.75) is 6.42 Å². The van der Waals surface area contributed by atoms with E-state index in [9.17, 15) is 23.3 Å². The van der Waals surface area contributed by atoms with E-state index in [4.69, 9.17) is 0 Å². The minimum absolute atomic E-state index is 0.0497. The topological polar surface area (TPSA) is 118 Å². The SMILES string of the molecule is CNc1ccc([N+](=O)[O-])c(C(=O)NCCCS(C)(=O)=O)c1. The van der Waals surface area contributed by atoms with Gasteiger partial charge in [-0.15, -0.1) is 0 Å². The Morgan fingerprint density at radius 3 is 2.57 bits per heavy atom. The maximum absolute atomic E-state index is 12.0. The van der Waals surface area contributed by atoms with Gasteiger partial charge in [0, 0.05) is 31.6 Å². The Morgan fingerprint density at radius 1 is 1.38 bits per heavy atom. The highest BCUT2D eigenvalue weighted by atomic mass is 32.2. The molecular weight excluding hydrogens is 298 g/mol. The maximum Gasteiger partial charge on any atom is 0.282 e. The summed E-state index contributed by atoms with van der Waals surface area (Å²) < 4.78 is 21.9. The molecule has 1 amide bonds. The molecule has 21 heavy (non-hydrogen) atoms. The Bertz CT molecular complexity index is 642. The third-order valence-electron chi connectivity index (χ3n) is 2.70. The van der Waals surface area contributed by atoms with Gasteiger partial charge in [0.2, 0.25) is 0 Å². The highest BCUT2D eigenvalue weighted by molar-refractivity contribution is 7.90. The van der Waals surface area contributed by atoms with E-state index in [2.05, 4.69) is 10.6 Å². The van der Waals surface area contributed by atoms with Gasteiger partial charge in [0.05, 0.1) is 10.7 Å². The summed E-state index contributed by atoms with van der Waals surface area (Å²) in [6, 6.07) is 4.12. The van der Waals surface area contributed by atoms with E-state index < -0.39 is 20.7 Å². The normalized spacial score (nSPS) is 11.0. The number of hydrogen-bond donors (Lipinski definition) is 2. The number of nitro benzene ring substituents is 1. The first-order valence-corrected chi connectivity index (χ1v) is 8.23. The van der Waals surface area contributed by atoms with Gasteiger partial charge in [0.1, 0.15) is 15.4 Å². The number of carbonyl (C=O) groups is 1. The minimum Gasteiger partial charge on any atom is -0.388 e. The third kappa shape index (κ3) is 5.38. The Balaban J connectivity index is 2.79. The van der Waals surface area contributed by atoms with Crippen LogP contribution in [-0.2, 0) is 9.84 Å². The van der Waals surface area contributed by atoms with Gasteiger partial charge in [-0.2, -0.15) is 0 Å². The summed E-state index contributed by atoms with van der Waals surface area (Å²) in [5, 5.41) is 16.2. The second kappa shape index (κ2) is 7.02. The predicted octanol–water partition coefficient (Wildman–Crippen LogP) is 0.801. The number of rotatable bonds is 7. The largest absolute Gasteiger partial charge is 0.388 e. The standard InChI is InChI=1S/C12H17N3O5S/c1-13-9-4-5-11(15(17)18)10(8-9)12(16)14-6-3-7-21(2,19)20/h4-5,8,13H,3,6-7H2,1-2H3,(H,14,16). The lowest BCUT2D eigenvalue weighted by molar-refractivity contribution is -0.385. The summed E-state index contributed by atoms with van der Waals surface area (Å²) >= 11 is 0. The molecule has 9 heteroatoms. The van der Waals surface area contributed by atoms with Crippen LogP contribution in [0.15, 0.2) is 18.2 Å². The van der Waals surface area contributed by atoms with E-state index in [0.29, 0.717) is 5.69 Å². The molecule has 1 rings (SSSR count). The van der Waals surface area contributed by atoms with Crippen molar-refractivity contribution in [3.63, 3.8) is 0 Å². The number of sulfone groups is 1. The summed E-state index contributed by atoms with van der Waals surface area (Å²) in [6.45, 7) is 0.132. The third-order valence-corrected chi connectivity index (χ3v) is 3.73. The summed E-state index contributed by atoms with van der Waals surface area (Å²) in [5.74, 6) is -0.654. The summed E-state index contributed by atoms with van der Waals surface area (Å²) in [7, 11) is -1.45. The molecule has 8 nitrogen and oxygen atoms in total. The number of nitro groups is 1. The van der Waals surface area contributed by atoms with Crippen LogP contribution in [0.5, 0.6) is 0 Å². The Kier molecular flexibility index (Phi) is 5.65. The van der Waals surface area contributed by atoms with Gasteiger partial charge >= 0.3 is 0 Å². The zero-order chi connectivity index (χ0) is 16.0. The Labute approximate surface area is 122 Å². The summed E-state index contributed by atoms with van der Waals surface area (Å²) in [5.41, 5.74) is 0.211.